The number of nitro benzene ring substituents is 5. The number of methoxy groups -OCH3 is 2. The molecule has 0 aliphatic carbocycles. The fraction of sp³-hybridized carbons (Fsp3) is 0.241. The topological polar surface area (TPSA) is 478 Å². The highest BCUT2D eigenvalue weighted by Crippen LogP contribution is 2.41. The number of carbonyl (C=O) groups excluding carboxylic acids is 2. The summed E-state index contributed by atoms with van der Waals surface area (Å²) in [6.07, 6.45) is -1.09. The van der Waals surface area contributed by atoms with Crippen molar-refractivity contribution >= 4 is 177 Å². The zero-order valence-electron chi connectivity index (χ0n) is 54.1. The number of benzene rings is 7. The van der Waals surface area contributed by atoms with Gasteiger partial charge in [0.05, 0.1) is 69.6 Å². The number of nitrogens with two attached hydrogens (primary N) is 1. The van der Waals surface area contributed by atoms with Crippen LogP contribution in [0.2, 0.25) is 35.2 Å². The molecule has 3 heterocycles. The minimum atomic E-state index is -4.20. The van der Waals surface area contributed by atoms with Crippen molar-refractivity contribution < 1.29 is 86.8 Å². The molecular weight excluding hydrogens is 1660 g/mol. The summed E-state index contributed by atoms with van der Waals surface area (Å²) >= 11 is 41.0. The molecule has 48 heteroatoms. The zero-order chi connectivity index (χ0) is 78.9. The molecule has 3 saturated heterocycles. The fourth-order valence-corrected chi connectivity index (χ4v) is 16.5. The Morgan fingerprint density at radius 1 is 0.387 bits per heavy atom. The quantitative estimate of drug-likeness (QED) is 0.0393. The van der Waals surface area contributed by atoms with Gasteiger partial charge in [-0.2, -0.15) is 12.9 Å². The number of amides is 2. The summed E-state index contributed by atoms with van der Waals surface area (Å²) in [5, 5.41) is 57.9. The van der Waals surface area contributed by atoms with E-state index in [4.69, 9.17) is 107 Å². The van der Waals surface area contributed by atoms with Crippen LogP contribution < -0.4 is 20.5 Å². The highest BCUT2D eigenvalue weighted by atomic mass is 35.7. The molecule has 0 saturated carbocycles. The molecule has 7 aromatic carbocycles. The predicted octanol–water partition coefficient (Wildman–Crippen LogP) is 12.4. The Hall–Kier alpha value is -8.56. The summed E-state index contributed by atoms with van der Waals surface area (Å²) in [4.78, 5) is 74.7. The zero-order valence-corrected chi connectivity index (χ0v) is 63.4. The van der Waals surface area contributed by atoms with Gasteiger partial charge in [0.25, 0.3) is 37.5 Å². The number of halogens is 8. The molecule has 3 aliphatic heterocycles. The van der Waals surface area contributed by atoms with E-state index in [1.54, 1.807) is 6.07 Å². The van der Waals surface area contributed by atoms with Gasteiger partial charge in [-0.15, -0.1) is 0 Å². The first kappa shape index (κ1) is 86.4. The van der Waals surface area contributed by atoms with Gasteiger partial charge in [0.15, 0.2) is 0 Å². The molecule has 0 spiro atoms. The van der Waals surface area contributed by atoms with Crippen LogP contribution in [0.25, 0.3) is 0 Å². The average Bonchev–Trinajstić information content (AvgIpc) is 0.789. The SMILES string of the molecule is COC(=O)N1CCN(S(=O)(=O)c2cc([N+](=O)[O-])ccc2Cl)CC1.COC(=O)N1CCN(S(=O)(=O)c2cc([N+](=O)[O-])ccc2Oc2cc(Cl)ccc2Cl)CC1.Nc1cc([N+](=O)[O-])ccc1Cl.O=[N+]([O-])c1ccc(Cl)c(S(=O)(=O)Cl)c1.O=[N+]([O-])c1ccc(Oc2cc(Cl)ccc2Cl)c(S(=O)(=O)N2CCNCC2)c1. The van der Waals surface area contributed by atoms with E-state index in [9.17, 15) is 93.8 Å². The second-order valence-corrected chi connectivity index (χ2v) is 32.3. The average molecular weight is 1720 g/mol. The highest BCUT2D eigenvalue weighted by molar-refractivity contribution is 8.13. The summed E-state index contributed by atoms with van der Waals surface area (Å²) in [7, 11) is -8.76. The maximum atomic E-state index is 13.3. The van der Waals surface area contributed by atoms with Crippen molar-refractivity contribution in [2.75, 3.05) is 98.5 Å². The van der Waals surface area contributed by atoms with E-state index in [2.05, 4.69) is 14.8 Å². The predicted molar refractivity (Wildman–Crippen MR) is 388 cm³/mol. The number of nitrogens with one attached hydrogen (secondary N) is 1. The van der Waals surface area contributed by atoms with Gasteiger partial charge in [0.1, 0.15) is 42.6 Å². The summed E-state index contributed by atoms with van der Waals surface area (Å²) < 4.78 is 124. The van der Waals surface area contributed by atoms with Crippen LogP contribution in [0.15, 0.2) is 147 Å². The molecule has 106 heavy (non-hydrogen) atoms. The number of piperazine rings is 3. The van der Waals surface area contributed by atoms with Crippen LogP contribution in [0.4, 0.5) is 43.7 Å². The van der Waals surface area contributed by atoms with Crippen LogP contribution in [0.1, 0.15) is 0 Å². The Kier molecular flexibility index (Phi) is 30.8. The maximum Gasteiger partial charge on any atom is 0.409 e. The summed E-state index contributed by atoms with van der Waals surface area (Å²) in [6.45, 7) is 2.10. The van der Waals surface area contributed by atoms with Crippen molar-refractivity contribution in [3.05, 3.63) is 213 Å². The Morgan fingerprint density at radius 2 is 0.679 bits per heavy atom. The second-order valence-electron chi connectivity index (χ2n) is 21.2. The number of carbonyl (C=O) groups is 2. The van der Waals surface area contributed by atoms with Crippen molar-refractivity contribution in [3.8, 4) is 23.0 Å². The number of ether oxygens (including phenoxy) is 4. The van der Waals surface area contributed by atoms with Gasteiger partial charge in [-0.25, -0.2) is 43.3 Å². The maximum absolute atomic E-state index is 13.3. The summed E-state index contributed by atoms with van der Waals surface area (Å²) in [6, 6.07) is 25.7. The van der Waals surface area contributed by atoms with Crippen LogP contribution >= 0.6 is 91.9 Å². The van der Waals surface area contributed by atoms with Crippen molar-refractivity contribution in [3.63, 3.8) is 0 Å². The van der Waals surface area contributed by atoms with Crippen molar-refractivity contribution in [2.24, 2.45) is 0 Å². The monoisotopic (exact) mass is 1710 g/mol. The van der Waals surface area contributed by atoms with E-state index < -0.39 is 91.4 Å². The van der Waals surface area contributed by atoms with Gasteiger partial charge in [0, 0.05) is 172 Å². The summed E-state index contributed by atoms with van der Waals surface area (Å²) in [5.41, 5.74) is 3.98. The molecule has 3 fully saturated rings. The van der Waals surface area contributed by atoms with E-state index in [-0.39, 0.29) is 147 Å². The van der Waals surface area contributed by atoms with Crippen LogP contribution in [0.3, 0.4) is 0 Å². The molecule has 0 unspecified atom stereocenters. The van der Waals surface area contributed by atoms with E-state index in [1.165, 1.54) is 101 Å². The van der Waals surface area contributed by atoms with Gasteiger partial charge in [-0.05, 0) is 54.6 Å². The Labute approximate surface area is 641 Å². The molecule has 570 valence electrons. The van der Waals surface area contributed by atoms with Gasteiger partial charge < -0.3 is 39.8 Å². The highest BCUT2D eigenvalue weighted by Gasteiger charge is 2.37. The Morgan fingerprint density at radius 3 is 1.02 bits per heavy atom. The standard InChI is InChI=1S/C18H17Cl2N3O7S.C16H15Cl2N3O5S.C12H14ClN3O6S.C6H3Cl2NO4S.C6H5ClN2O2/c1-29-18(24)21-6-8-22(9-7-21)31(27,28)17-11-13(23(25)26)3-5-15(17)30-16-10-12(19)2-4-14(16)20;17-11-1-3-13(18)15(9-11)26-14-4-2-12(21(22)23)10-16(14)27(24,25)20-7-5-19-6-8-20;1-22-12(17)14-4-6-15(7-5-14)23(20,21)11-8-9(16(18)19)2-3-10(11)13;7-5-2-1-4(9(10)11)3-6(5)14(8,12)13;7-5-2-1-4(9(10)11)3-6(5)8/h2-5,10-11H,6-9H2,1H3;1-4,9-10,19H,5-8H2;2-3,8H,4-7H2,1H3;1-3H;1-3H,8H2. The van der Waals surface area contributed by atoms with Crippen molar-refractivity contribution in [1.29, 1.82) is 0 Å². The number of sulfonamides is 3. The number of anilines is 1. The molecule has 0 atom stereocenters. The van der Waals surface area contributed by atoms with E-state index in [0.717, 1.165) is 57.1 Å². The molecule has 0 aromatic heterocycles. The number of nitro groups is 5. The third-order valence-electron chi connectivity index (χ3n) is 14.5. The van der Waals surface area contributed by atoms with Gasteiger partial charge in [0.2, 0.25) is 30.1 Å². The van der Waals surface area contributed by atoms with Crippen LogP contribution in [-0.4, -0.2) is 186 Å². The number of hydrogen-bond donors (Lipinski definition) is 2. The number of rotatable bonds is 16. The minimum Gasteiger partial charge on any atom is -0.454 e. The molecular formula is C58H54Cl8N12O24S4. The molecule has 3 N–H and O–H groups in total. The molecule has 0 bridgehead atoms. The van der Waals surface area contributed by atoms with Crippen LogP contribution in [-0.2, 0) is 48.6 Å². The van der Waals surface area contributed by atoms with E-state index in [1.807, 2.05) is 0 Å². The lowest BCUT2D eigenvalue weighted by Gasteiger charge is -2.33. The smallest absolute Gasteiger partial charge is 0.409 e. The lowest BCUT2D eigenvalue weighted by atomic mass is 10.3. The Balaban J connectivity index is 0.000000216. The first-order valence-electron chi connectivity index (χ1n) is 29.3. The first-order valence-corrected chi connectivity index (χ1v) is 38.6. The van der Waals surface area contributed by atoms with Crippen molar-refractivity contribution in [2.45, 2.75) is 19.6 Å². The Bertz CT molecular complexity index is 4990. The molecule has 10 rings (SSSR count). The molecule has 7 aromatic rings. The normalized spacial score (nSPS) is 14.3. The fourth-order valence-electron chi connectivity index (χ4n) is 9.16. The minimum absolute atomic E-state index is 0.0164. The van der Waals surface area contributed by atoms with Gasteiger partial charge >= 0.3 is 12.2 Å². The molecule has 36 nitrogen and oxygen atoms in total. The molecule has 2 amide bonds. The lowest BCUT2D eigenvalue weighted by molar-refractivity contribution is -0.385. The third-order valence-corrected chi connectivity index (χ3v) is 23.9. The lowest BCUT2D eigenvalue weighted by Crippen LogP contribution is -2.50. The number of hydrogen-bond acceptors (Lipinski definition) is 26. The second kappa shape index (κ2) is 37.8. The van der Waals surface area contributed by atoms with Crippen LogP contribution in [0, 0.1) is 50.6 Å². The largest absolute Gasteiger partial charge is 0.454 e. The van der Waals surface area contributed by atoms with Gasteiger partial charge in [-0.3, -0.25) is 50.6 Å². The first-order chi connectivity index (χ1) is 49.6. The third kappa shape index (κ3) is 23.0. The molecule has 3 aliphatic rings. The number of nitrogen functional groups attached to an aromatic ring is 1. The van der Waals surface area contributed by atoms with Crippen LogP contribution in [0.5, 0.6) is 23.0 Å². The summed E-state index contributed by atoms with van der Waals surface area (Å²) in [5.74, 6) is 0.0261. The number of non-ortho nitro benzene ring substituents is 5. The van der Waals surface area contributed by atoms with Crippen molar-refractivity contribution in [1.82, 2.24) is 28.0 Å². The van der Waals surface area contributed by atoms with E-state index >= 15 is 0 Å². The van der Waals surface area contributed by atoms with E-state index in [0.29, 0.717) is 28.2 Å². The number of nitrogens with zero attached hydrogens (tertiary/aromatic N) is 10. The van der Waals surface area contributed by atoms with Gasteiger partial charge in [-0.1, -0.05) is 81.2 Å². The molecule has 0 radical (unpaired) electrons.